The van der Waals surface area contributed by atoms with Crippen LogP contribution in [0.2, 0.25) is 0 Å². The maximum atomic E-state index is 13.1. The van der Waals surface area contributed by atoms with Crippen LogP contribution in [-0.4, -0.2) is 6.61 Å². The molecule has 1 N–H and O–H groups in total. The predicted molar refractivity (Wildman–Crippen MR) is 76.0 cm³/mol. The normalized spacial score (nSPS) is 27.6. The minimum absolute atomic E-state index is 0.155. The van der Waals surface area contributed by atoms with Crippen LogP contribution in [0.5, 0.6) is 0 Å². The summed E-state index contributed by atoms with van der Waals surface area (Å²) in [6, 6.07) is 15.3. The highest BCUT2D eigenvalue weighted by Crippen LogP contribution is 2.49. The number of anilines is 1. The molecule has 2 aromatic rings. The highest BCUT2D eigenvalue weighted by molar-refractivity contribution is 5.57. The number of hydrogen-bond acceptors (Lipinski definition) is 2. The Morgan fingerprint density at radius 2 is 1.85 bits per heavy atom. The Bertz CT molecular complexity index is 625. The van der Waals surface area contributed by atoms with Crippen LogP contribution >= 0.6 is 0 Å². The van der Waals surface area contributed by atoms with E-state index in [1.165, 1.54) is 17.7 Å². The Kier molecular flexibility index (Phi) is 2.74. The lowest BCUT2D eigenvalue weighted by atomic mass is 9.81. The van der Waals surface area contributed by atoms with Gasteiger partial charge in [0.2, 0.25) is 0 Å². The second kappa shape index (κ2) is 4.60. The van der Waals surface area contributed by atoms with Crippen molar-refractivity contribution < 1.29 is 9.13 Å². The number of para-hydroxylation sites is 1. The van der Waals surface area contributed by atoms with Gasteiger partial charge in [-0.3, -0.25) is 0 Å². The van der Waals surface area contributed by atoms with Crippen LogP contribution in [0.4, 0.5) is 10.1 Å². The van der Waals surface area contributed by atoms with Crippen molar-refractivity contribution in [3.8, 4) is 0 Å². The van der Waals surface area contributed by atoms with E-state index in [4.69, 9.17) is 4.74 Å². The number of ether oxygens (including phenoxy) is 1. The molecule has 3 unspecified atom stereocenters. The Balaban J connectivity index is 1.76. The number of fused-ring (bicyclic) bond motifs is 3. The van der Waals surface area contributed by atoms with Crippen molar-refractivity contribution >= 4 is 5.69 Å². The fourth-order valence-corrected chi connectivity index (χ4v) is 3.42. The van der Waals surface area contributed by atoms with Crippen LogP contribution in [0.3, 0.4) is 0 Å². The summed E-state index contributed by atoms with van der Waals surface area (Å²) in [5.41, 5.74) is 3.50. The van der Waals surface area contributed by atoms with Crippen LogP contribution in [-0.2, 0) is 4.74 Å². The van der Waals surface area contributed by atoms with E-state index in [9.17, 15) is 4.39 Å². The topological polar surface area (TPSA) is 21.3 Å². The van der Waals surface area contributed by atoms with E-state index in [1.807, 2.05) is 18.2 Å². The molecule has 1 fully saturated rings. The molecule has 2 nitrogen and oxygen atoms in total. The standard InChI is InChI=1S/C17H16FNO/c18-12-7-5-11(6-8-12)16-14-9-10-20-17(14)13-3-1-2-4-15(13)19-16/h1-8,14,16-17,19H,9-10H2. The zero-order valence-corrected chi connectivity index (χ0v) is 11.1. The number of nitrogens with one attached hydrogen (secondary N) is 1. The molecule has 0 amide bonds. The average Bonchev–Trinajstić information content (AvgIpc) is 2.97. The zero-order chi connectivity index (χ0) is 13.5. The summed E-state index contributed by atoms with van der Waals surface area (Å²) >= 11 is 0. The Morgan fingerprint density at radius 3 is 2.70 bits per heavy atom. The van der Waals surface area contributed by atoms with Crippen molar-refractivity contribution in [1.82, 2.24) is 0 Å². The molecular weight excluding hydrogens is 253 g/mol. The van der Waals surface area contributed by atoms with Gasteiger partial charge in [-0.1, -0.05) is 30.3 Å². The van der Waals surface area contributed by atoms with E-state index in [-0.39, 0.29) is 18.0 Å². The van der Waals surface area contributed by atoms with Gasteiger partial charge < -0.3 is 10.1 Å². The molecule has 2 aliphatic rings. The largest absolute Gasteiger partial charge is 0.378 e. The fraction of sp³-hybridized carbons (Fsp3) is 0.294. The van der Waals surface area contributed by atoms with E-state index in [0.717, 1.165) is 24.3 Å². The zero-order valence-electron chi connectivity index (χ0n) is 11.1. The van der Waals surface area contributed by atoms with E-state index < -0.39 is 0 Å². The molecule has 4 rings (SSSR count). The maximum Gasteiger partial charge on any atom is 0.123 e. The molecule has 20 heavy (non-hydrogen) atoms. The van der Waals surface area contributed by atoms with Crippen LogP contribution in [0, 0.1) is 11.7 Å². The van der Waals surface area contributed by atoms with Gasteiger partial charge in [-0.25, -0.2) is 4.39 Å². The third-order valence-corrected chi connectivity index (χ3v) is 4.37. The van der Waals surface area contributed by atoms with Crippen LogP contribution < -0.4 is 5.32 Å². The third-order valence-electron chi connectivity index (χ3n) is 4.37. The molecule has 3 heteroatoms. The first-order valence-electron chi connectivity index (χ1n) is 7.05. The molecule has 3 atom stereocenters. The Labute approximate surface area is 117 Å². The number of benzene rings is 2. The molecule has 0 saturated carbocycles. The highest BCUT2D eigenvalue weighted by atomic mass is 19.1. The van der Waals surface area contributed by atoms with E-state index in [1.54, 1.807) is 0 Å². The van der Waals surface area contributed by atoms with Crippen LogP contribution in [0.25, 0.3) is 0 Å². The Morgan fingerprint density at radius 1 is 1.05 bits per heavy atom. The minimum Gasteiger partial charge on any atom is -0.378 e. The lowest BCUT2D eigenvalue weighted by molar-refractivity contribution is 0.0829. The van der Waals surface area contributed by atoms with E-state index in [2.05, 4.69) is 23.5 Å². The van der Waals surface area contributed by atoms with Crippen molar-refractivity contribution in [2.45, 2.75) is 18.6 Å². The summed E-state index contributed by atoms with van der Waals surface area (Å²) in [5.74, 6) is 0.222. The van der Waals surface area contributed by atoms with Gasteiger partial charge >= 0.3 is 0 Å². The van der Waals surface area contributed by atoms with Gasteiger partial charge in [0, 0.05) is 23.8 Å². The smallest absolute Gasteiger partial charge is 0.123 e. The first-order chi connectivity index (χ1) is 9.83. The van der Waals surface area contributed by atoms with E-state index in [0.29, 0.717) is 5.92 Å². The second-order valence-corrected chi connectivity index (χ2v) is 5.50. The fourth-order valence-electron chi connectivity index (χ4n) is 3.42. The van der Waals surface area contributed by atoms with Gasteiger partial charge in [-0.05, 0) is 30.2 Å². The second-order valence-electron chi connectivity index (χ2n) is 5.50. The molecule has 2 aliphatic heterocycles. The quantitative estimate of drug-likeness (QED) is 0.842. The number of rotatable bonds is 1. The summed E-state index contributed by atoms with van der Waals surface area (Å²) < 4.78 is 19.1. The van der Waals surface area contributed by atoms with Crippen LogP contribution in [0.15, 0.2) is 48.5 Å². The lowest BCUT2D eigenvalue weighted by Gasteiger charge is -2.36. The van der Waals surface area contributed by atoms with Crippen molar-refractivity contribution in [2.24, 2.45) is 5.92 Å². The third kappa shape index (κ3) is 1.81. The van der Waals surface area contributed by atoms with E-state index >= 15 is 0 Å². The SMILES string of the molecule is Fc1ccc(C2Nc3ccccc3C3OCCC23)cc1. The molecule has 2 heterocycles. The summed E-state index contributed by atoms with van der Waals surface area (Å²) in [6.45, 7) is 0.795. The minimum atomic E-state index is -0.191. The molecule has 0 spiro atoms. The van der Waals surface area contributed by atoms with Gasteiger partial charge in [0.15, 0.2) is 0 Å². The first-order valence-corrected chi connectivity index (χ1v) is 7.05. The molecule has 102 valence electrons. The summed E-state index contributed by atoms with van der Waals surface area (Å²) in [7, 11) is 0. The van der Waals surface area contributed by atoms with Crippen molar-refractivity contribution in [1.29, 1.82) is 0 Å². The molecule has 0 aromatic heterocycles. The monoisotopic (exact) mass is 269 g/mol. The summed E-state index contributed by atoms with van der Waals surface area (Å²) in [4.78, 5) is 0. The van der Waals surface area contributed by atoms with Crippen molar-refractivity contribution in [2.75, 3.05) is 11.9 Å². The predicted octanol–water partition coefficient (Wildman–Crippen LogP) is 4.07. The number of halogens is 1. The number of hydrogen-bond donors (Lipinski definition) is 1. The highest BCUT2D eigenvalue weighted by Gasteiger charge is 2.41. The summed E-state index contributed by atoms with van der Waals surface area (Å²) in [6.07, 6.45) is 1.19. The lowest BCUT2D eigenvalue weighted by Crippen LogP contribution is -2.29. The van der Waals surface area contributed by atoms with Gasteiger partial charge in [0.05, 0.1) is 12.1 Å². The summed E-state index contributed by atoms with van der Waals surface area (Å²) in [5, 5.41) is 3.60. The first kappa shape index (κ1) is 11.9. The molecule has 0 bridgehead atoms. The molecule has 0 radical (unpaired) electrons. The maximum absolute atomic E-state index is 13.1. The average molecular weight is 269 g/mol. The van der Waals surface area contributed by atoms with Crippen molar-refractivity contribution in [3.05, 3.63) is 65.5 Å². The van der Waals surface area contributed by atoms with Crippen LogP contribution in [0.1, 0.15) is 29.7 Å². The van der Waals surface area contributed by atoms with Gasteiger partial charge in [-0.2, -0.15) is 0 Å². The molecule has 0 aliphatic carbocycles. The Hall–Kier alpha value is -1.87. The van der Waals surface area contributed by atoms with Crippen molar-refractivity contribution in [3.63, 3.8) is 0 Å². The molecular formula is C17H16FNO. The molecule has 2 aromatic carbocycles. The van der Waals surface area contributed by atoms with Gasteiger partial charge in [0.25, 0.3) is 0 Å². The van der Waals surface area contributed by atoms with Gasteiger partial charge in [0.1, 0.15) is 5.82 Å². The van der Waals surface area contributed by atoms with Gasteiger partial charge in [-0.15, -0.1) is 0 Å². The molecule has 1 saturated heterocycles.